The Bertz CT molecular complexity index is 140. The summed E-state index contributed by atoms with van der Waals surface area (Å²) in [6, 6.07) is 4.16. The average molecular weight is 178 g/mol. The summed E-state index contributed by atoms with van der Waals surface area (Å²) in [5.74, 6) is 0. The van der Waals surface area contributed by atoms with Crippen LogP contribution in [0.4, 0.5) is 0 Å². The van der Waals surface area contributed by atoms with Gasteiger partial charge in [0.25, 0.3) is 0 Å². The van der Waals surface area contributed by atoms with Crippen molar-refractivity contribution in [1.82, 2.24) is 0 Å². The number of hydrogen-bond donors (Lipinski definition) is 0. The van der Waals surface area contributed by atoms with Crippen LogP contribution < -0.4 is 0 Å². The first-order chi connectivity index (χ1) is 3.30. The number of rotatable bonds is 0. The summed E-state index contributed by atoms with van der Waals surface area (Å²) >= 11 is 3.41. The van der Waals surface area contributed by atoms with Gasteiger partial charge in [0.1, 0.15) is 11.6 Å². The van der Waals surface area contributed by atoms with E-state index in [-0.39, 0.29) is 0 Å². The normalized spacial score (nSPS) is 12.0. The summed E-state index contributed by atoms with van der Waals surface area (Å²) in [7, 11) is 0.380. The standard InChI is InChI=1S/C5H6BrS/c1-7-4-2-3-5(7)6/h2-4H,1H3/q+1. The van der Waals surface area contributed by atoms with Crippen LogP contribution in [-0.4, -0.2) is 0 Å². The van der Waals surface area contributed by atoms with Crippen LogP contribution in [-0.2, 0) is 6.26 Å². The first-order valence-corrected chi connectivity index (χ1v) is 4.48. The Hall–Kier alpha value is 0.180. The molecule has 0 spiro atoms. The zero-order valence-corrected chi connectivity index (χ0v) is 6.42. The molecular weight excluding hydrogens is 172 g/mol. The van der Waals surface area contributed by atoms with E-state index in [1.54, 1.807) is 0 Å². The van der Waals surface area contributed by atoms with Crippen molar-refractivity contribution < 1.29 is 0 Å². The van der Waals surface area contributed by atoms with Crippen molar-refractivity contribution in [2.75, 3.05) is 0 Å². The highest BCUT2D eigenvalue weighted by Crippen LogP contribution is 2.25. The van der Waals surface area contributed by atoms with Gasteiger partial charge in [-0.2, -0.15) is 0 Å². The predicted octanol–water partition coefficient (Wildman–Crippen LogP) is 2.74. The second kappa shape index (κ2) is 1.97. The molecule has 0 nitrogen and oxygen atoms in total. The second-order valence-electron chi connectivity index (χ2n) is 1.36. The maximum atomic E-state index is 3.41. The van der Waals surface area contributed by atoms with E-state index in [1.165, 1.54) is 3.79 Å². The fourth-order valence-electron chi connectivity index (χ4n) is 0.405. The van der Waals surface area contributed by atoms with E-state index in [1.807, 2.05) is 0 Å². The zero-order chi connectivity index (χ0) is 5.28. The molecule has 1 unspecified atom stereocenters. The fraction of sp³-hybridized carbons (Fsp3) is 0.200. The van der Waals surface area contributed by atoms with E-state index < -0.39 is 0 Å². The van der Waals surface area contributed by atoms with E-state index in [0.717, 1.165) is 0 Å². The highest BCUT2D eigenvalue weighted by Gasteiger charge is 1.99. The first-order valence-electron chi connectivity index (χ1n) is 1.99. The van der Waals surface area contributed by atoms with Crippen molar-refractivity contribution in [2.45, 2.75) is 0 Å². The number of thiophene rings is 1. The molecule has 0 bridgehead atoms. The molecule has 38 valence electrons. The lowest BCUT2D eigenvalue weighted by molar-refractivity contribution is 1.96. The first kappa shape index (κ1) is 5.32. The predicted molar refractivity (Wildman–Crippen MR) is 37.6 cm³/mol. The van der Waals surface area contributed by atoms with Crippen LogP contribution in [0.1, 0.15) is 0 Å². The minimum Gasteiger partial charge on any atom is -0.0116 e. The molecule has 0 saturated heterocycles. The molecule has 1 atom stereocenters. The average Bonchev–Trinajstić information content (AvgIpc) is 1.91. The molecule has 0 aliphatic carbocycles. The molecule has 1 rings (SSSR count). The van der Waals surface area contributed by atoms with Crippen LogP contribution in [0.3, 0.4) is 0 Å². The molecule has 0 radical (unpaired) electrons. The lowest BCUT2D eigenvalue weighted by atomic mass is 10.7. The van der Waals surface area contributed by atoms with E-state index >= 15 is 0 Å². The van der Waals surface area contributed by atoms with Crippen molar-refractivity contribution >= 4 is 26.4 Å². The third-order valence-electron chi connectivity index (χ3n) is 0.818. The maximum Gasteiger partial charge on any atom is 0.215 e. The summed E-state index contributed by atoms with van der Waals surface area (Å²) in [6.07, 6.45) is 2.18. The Morgan fingerprint density at radius 1 is 1.71 bits per heavy atom. The van der Waals surface area contributed by atoms with Crippen molar-refractivity contribution in [3.05, 3.63) is 21.3 Å². The van der Waals surface area contributed by atoms with Crippen molar-refractivity contribution in [2.24, 2.45) is 6.26 Å². The summed E-state index contributed by atoms with van der Waals surface area (Å²) in [5.41, 5.74) is 0. The van der Waals surface area contributed by atoms with Crippen molar-refractivity contribution in [1.29, 1.82) is 0 Å². The molecular formula is C5H6BrS+. The van der Waals surface area contributed by atoms with Gasteiger partial charge in [0.2, 0.25) is 3.79 Å². The van der Waals surface area contributed by atoms with Gasteiger partial charge < -0.3 is 0 Å². The number of aryl methyl sites for hydroxylation is 1. The van der Waals surface area contributed by atoms with Crippen LogP contribution in [0.2, 0.25) is 0 Å². The summed E-state index contributed by atoms with van der Waals surface area (Å²) in [5, 5.41) is 2.18. The van der Waals surface area contributed by atoms with Gasteiger partial charge in [0.05, 0.1) is 0 Å². The van der Waals surface area contributed by atoms with E-state index in [0.29, 0.717) is 10.5 Å². The summed E-state index contributed by atoms with van der Waals surface area (Å²) in [6.45, 7) is 0. The Labute approximate surface area is 54.3 Å². The molecule has 0 aliphatic heterocycles. The smallest absolute Gasteiger partial charge is 0.0116 e. The molecule has 1 heterocycles. The molecule has 0 fully saturated rings. The molecule has 0 aromatic carbocycles. The van der Waals surface area contributed by atoms with Crippen LogP contribution in [0, 0.1) is 0 Å². The molecule has 2 heteroatoms. The van der Waals surface area contributed by atoms with Gasteiger partial charge in [0.15, 0.2) is 0 Å². The van der Waals surface area contributed by atoms with Gasteiger partial charge in [-0.1, -0.05) is 0 Å². The van der Waals surface area contributed by atoms with E-state index in [4.69, 9.17) is 0 Å². The van der Waals surface area contributed by atoms with Gasteiger partial charge in [-0.3, -0.25) is 0 Å². The van der Waals surface area contributed by atoms with Gasteiger partial charge in [-0.05, 0) is 16.5 Å². The Morgan fingerprint density at radius 2 is 2.43 bits per heavy atom. The Morgan fingerprint density at radius 3 is 2.57 bits per heavy atom. The maximum absolute atomic E-state index is 3.41. The van der Waals surface area contributed by atoms with Crippen LogP contribution >= 0.6 is 26.4 Å². The van der Waals surface area contributed by atoms with Crippen LogP contribution in [0.5, 0.6) is 0 Å². The van der Waals surface area contributed by atoms with E-state index in [9.17, 15) is 0 Å². The topological polar surface area (TPSA) is 0 Å². The van der Waals surface area contributed by atoms with Gasteiger partial charge in [-0.25, -0.2) is 0 Å². The highest BCUT2D eigenvalue weighted by atomic mass is 79.9. The highest BCUT2D eigenvalue weighted by molar-refractivity contribution is 9.11. The molecule has 0 N–H and O–H groups in total. The Balaban J connectivity index is 3.12. The minimum atomic E-state index is 0.380. The van der Waals surface area contributed by atoms with Crippen molar-refractivity contribution in [3.63, 3.8) is 0 Å². The Kier molecular flexibility index (Phi) is 1.50. The SMILES string of the molecule is C[s+]1cccc1Br. The molecule has 1 aromatic heterocycles. The largest absolute Gasteiger partial charge is 0.215 e. The zero-order valence-electron chi connectivity index (χ0n) is 4.02. The molecule has 0 saturated carbocycles. The summed E-state index contributed by atoms with van der Waals surface area (Å²) < 4.78 is 1.31. The fourth-order valence-corrected chi connectivity index (χ4v) is 1.62. The number of halogens is 1. The monoisotopic (exact) mass is 177 g/mol. The van der Waals surface area contributed by atoms with Gasteiger partial charge >= 0.3 is 0 Å². The lowest BCUT2D eigenvalue weighted by Crippen LogP contribution is -1.43. The van der Waals surface area contributed by atoms with E-state index in [2.05, 4.69) is 39.7 Å². The van der Waals surface area contributed by atoms with Crippen molar-refractivity contribution in [3.8, 4) is 0 Å². The third kappa shape index (κ3) is 1.04. The molecule has 0 aliphatic rings. The van der Waals surface area contributed by atoms with Gasteiger partial charge in [-0.15, -0.1) is 0 Å². The lowest BCUT2D eigenvalue weighted by Gasteiger charge is -1.67. The third-order valence-corrected chi connectivity index (χ3v) is 3.93. The molecule has 0 amide bonds. The van der Waals surface area contributed by atoms with Crippen LogP contribution in [0.15, 0.2) is 21.3 Å². The molecule has 1 aromatic rings. The van der Waals surface area contributed by atoms with Crippen LogP contribution in [0.25, 0.3) is 0 Å². The number of hydrogen-bond acceptors (Lipinski definition) is 0. The molecule has 7 heavy (non-hydrogen) atoms. The minimum absolute atomic E-state index is 0.380. The summed E-state index contributed by atoms with van der Waals surface area (Å²) in [4.78, 5) is 0. The quantitative estimate of drug-likeness (QED) is 0.536. The second-order valence-corrected chi connectivity index (χ2v) is 4.56. The van der Waals surface area contributed by atoms with Gasteiger partial charge in [0, 0.05) is 22.0 Å².